The molecule has 0 atom stereocenters. The third-order valence-corrected chi connectivity index (χ3v) is 2.71. The highest BCUT2D eigenvalue weighted by molar-refractivity contribution is 5.45. The maximum absolute atomic E-state index is 11.3. The molecule has 0 saturated carbocycles. The molecule has 1 aromatic carbocycles. The van der Waals surface area contributed by atoms with Crippen molar-refractivity contribution in [2.24, 2.45) is 0 Å². The first-order chi connectivity index (χ1) is 8.49. The van der Waals surface area contributed by atoms with Crippen LogP contribution in [0.4, 0.5) is 5.69 Å². The molecule has 0 aliphatic rings. The summed E-state index contributed by atoms with van der Waals surface area (Å²) in [6, 6.07) is 9.35. The fraction of sp³-hybridized carbons (Fsp3) is 0.154. The largest absolute Gasteiger partial charge is 0.318 e. The number of aryl methyl sites for hydroxylation is 2. The molecular formula is C13H12N2O3. The number of pyridine rings is 1. The van der Waals surface area contributed by atoms with Crippen molar-refractivity contribution in [2.75, 3.05) is 0 Å². The number of benzene rings is 1. The third-order valence-electron chi connectivity index (χ3n) is 2.71. The summed E-state index contributed by atoms with van der Waals surface area (Å²) in [5, 5.41) is 10.8. The Kier molecular flexibility index (Phi) is 2.97. The van der Waals surface area contributed by atoms with Crippen molar-refractivity contribution < 1.29 is 4.92 Å². The molecule has 92 valence electrons. The molecule has 0 N–H and O–H groups in total. The van der Waals surface area contributed by atoms with Gasteiger partial charge in [-0.1, -0.05) is 6.07 Å². The quantitative estimate of drug-likeness (QED) is 0.601. The lowest BCUT2D eigenvalue weighted by Gasteiger charge is -2.13. The molecule has 0 radical (unpaired) electrons. The molecule has 1 aromatic heterocycles. The van der Waals surface area contributed by atoms with E-state index in [2.05, 4.69) is 0 Å². The fourth-order valence-corrected chi connectivity index (χ4v) is 2.01. The van der Waals surface area contributed by atoms with Gasteiger partial charge in [-0.2, -0.15) is 0 Å². The number of hydrogen-bond donors (Lipinski definition) is 0. The highest BCUT2D eigenvalue weighted by Crippen LogP contribution is 2.19. The van der Waals surface area contributed by atoms with E-state index in [9.17, 15) is 14.9 Å². The van der Waals surface area contributed by atoms with Crippen LogP contribution in [0.5, 0.6) is 0 Å². The number of rotatable bonds is 2. The van der Waals surface area contributed by atoms with E-state index in [-0.39, 0.29) is 11.1 Å². The molecule has 0 amide bonds. The predicted molar refractivity (Wildman–Crippen MR) is 68.2 cm³/mol. The minimum atomic E-state index is -0.434. The molecule has 5 nitrogen and oxygen atoms in total. The lowest BCUT2D eigenvalue weighted by molar-refractivity contribution is -0.384. The van der Waals surface area contributed by atoms with Gasteiger partial charge >= 0.3 is 0 Å². The minimum Gasteiger partial charge on any atom is -0.318 e. The first-order valence-electron chi connectivity index (χ1n) is 5.44. The highest BCUT2D eigenvalue weighted by atomic mass is 16.6. The zero-order chi connectivity index (χ0) is 13.3. The van der Waals surface area contributed by atoms with Gasteiger partial charge in [-0.3, -0.25) is 14.9 Å². The topological polar surface area (TPSA) is 65.1 Å². The Morgan fingerprint density at radius 3 is 2.28 bits per heavy atom. The number of nitro benzene ring substituents is 1. The van der Waals surface area contributed by atoms with Crippen molar-refractivity contribution in [3.05, 3.63) is 68.1 Å². The Morgan fingerprint density at radius 2 is 1.72 bits per heavy atom. The first-order valence-corrected chi connectivity index (χ1v) is 5.44. The second-order valence-corrected chi connectivity index (χ2v) is 4.09. The third kappa shape index (κ3) is 2.15. The summed E-state index contributed by atoms with van der Waals surface area (Å²) >= 11 is 0. The zero-order valence-electron chi connectivity index (χ0n) is 10.1. The van der Waals surface area contributed by atoms with Gasteiger partial charge in [0.05, 0.1) is 10.6 Å². The Bertz CT molecular complexity index is 648. The average Bonchev–Trinajstić information content (AvgIpc) is 2.28. The maximum atomic E-state index is 11.3. The fourth-order valence-electron chi connectivity index (χ4n) is 2.01. The van der Waals surface area contributed by atoms with E-state index in [4.69, 9.17) is 0 Å². The van der Waals surface area contributed by atoms with Gasteiger partial charge in [-0.25, -0.2) is 0 Å². The van der Waals surface area contributed by atoms with Gasteiger partial charge in [-0.15, -0.1) is 0 Å². The lowest BCUT2D eigenvalue weighted by atomic mass is 10.2. The van der Waals surface area contributed by atoms with Gasteiger partial charge in [-0.05, 0) is 19.9 Å². The summed E-state index contributed by atoms with van der Waals surface area (Å²) in [5.74, 6) is 0. The van der Waals surface area contributed by atoms with E-state index in [1.165, 1.54) is 24.3 Å². The van der Waals surface area contributed by atoms with E-state index in [1.54, 1.807) is 26.0 Å². The smallest absolute Gasteiger partial charge is 0.271 e. The maximum Gasteiger partial charge on any atom is 0.271 e. The first kappa shape index (κ1) is 12.0. The minimum absolute atomic E-state index is 0.0324. The zero-order valence-corrected chi connectivity index (χ0v) is 10.1. The van der Waals surface area contributed by atoms with Crippen LogP contribution in [0, 0.1) is 24.0 Å². The van der Waals surface area contributed by atoms with Gasteiger partial charge in [0, 0.05) is 35.7 Å². The van der Waals surface area contributed by atoms with Crippen molar-refractivity contribution in [1.29, 1.82) is 0 Å². The molecule has 0 spiro atoms. The molecule has 0 aliphatic carbocycles. The van der Waals surface area contributed by atoms with Gasteiger partial charge in [0.2, 0.25) is 0 Å². The Balaban J connectivity index is 2.66. The van der Waals surface area contributed by atoms with E-state index >= 15 is 0 Å². The van der Waals surface area contributed by atoms with Crippen LogP contribution in [-0.2, 0) is 0 Å². The predicted octanol–water partition coefficient (Wildman–Crippen LogP) is 2.36. The van der Waals surface area contributed by atoms with Crippen LogP contribution in [0.3, 0.4) is 0 Å². The normalized spacial score (nSPS) is 10.3. The van der Waals surface area contributed by atoms with Gasteiger partial charge in [0.15, 0.2) is 5.43 Å². The van der Waals surface area contributed by atoms with Crippen LogP contribution in [0.1, 0.15) is 11.4 Å². The van der Waals surface area contributed by atoms with Crippen molar-refractivity contribution in [1.82, 2.24) is 4.57 Å². The van der Waals surface area contributed by atoms with Crippen LogP contribution in [-0.4, -0.2) is 9.49 Å². The van der Waals surface area contributed by atoms with Gasteiger partial charge in [0.1, 0.15) is 0 Å². The molecule has 2 aromatic rings. The molecule has 0 saturated heterocycles. The SMILES string of the molecule is Cc1cc(=O)cc(C)n1-c1cccc([N+](=O)[O-])c1. The summed E-state index contributed by atoms with van der Waals surface area (Å²) in [6.07, 6.45) is 0. The number of aromatic nitrogens is 1. The Labute approximate surface area is 103 Å². The molecule has 0 unspecified atom stereocenters. The van der Waals surface area contributed by atoms with Crippen LogP contribution < -0.4 is 5.43 Å². The monoisotopic (exact) mass is 244 g/mol. The molecule has 18 heavy (non-hydrogen) atoms. The average molecular weight is 244 g/mol. The molecule has 1 heterocycles. The van der Waals surface area contributed by atoms with Crippen LogP contribution in [0.15, 0.2) is 41.2 Å². The van der Waals surface area contributed by atoms with E-state index < -0.39 is 4.92 Å². The molecular weight excluding hydrogens is 232 g/mol. The van der Waals surface area contributed by atoms with Gasteiger partial charge in [0.25, 0.3) is 5.69 Å². The Morgan fingerprint density at radius 1 is 1.11 bits per heavy atom. The summed E-state index contributed by atoms with van der Waals surface area (Å²) in [7, 11) is 0. The van der Waals surface area contributed by atoms with Gasteiger partial charge < -0.3 is 4.57 Å². The standard InChI is InChI=1S/C13H12N2O3/c1-9-6-13(16)7-10(2)14(9)11-4-3-5-12(8-11)15(17)18/h3-8H,1-2H3. The molecule has 0 fully saturated rings. The number of hydrogen-bond acceptors (Lipinski definition) is 3. The van der Waals surface area contributed by atoms with Crippen LogP contribution >= 0.6 is 0 Å². The summed E-state index contributed by atoms with van der Waals surface area (Å²) in [6.45, 7) is 3.60. The Hall–Kier alpha value is -2.43. The van der Waals surface area contributed by atoms with Crippen LogP contribution in [0.25, 0.3) is 5.69 Å². The lowest BCUT2D eigenvalue weighted by Crippen LogP contribution is -2.11. The number of nitrogens with zero attached hydrogens (tertiary/aromatic N) is 2. The van der Waals surface area contributed by atoms with E-state index in [0.29, 0.717) is 5.69 Å². The summed E-state index contributed by atoms with van der Waals surface area (Å²) in [5.41, 5.74) is 2.15. The molecule has 5 heteroatoms. The molecule has 0 bridgehead atoms. The van der Waals surface area contributed by atoms with E-state index in [1.807, 2.05) is 4.57 Å². The molecule has 2 rings (SSSR count). The second-order valence-electron chi connectivity index (χ2n) is 4.09. The van der Waals surface area contributed by atoms with Crippen molar-refractivity contribution >= 4 is 5.69 Å². The van der Waals surface area contributed by atoms with Crippen molar-refractivity contribution in [3.63, 3.8) is 0 Å². The summed E-state index contributed by atoms with van der Waals surface area (Å²) in [4.78, 5) is 21.7. The highest BCUT2D eigenvalue weighted by Gasteiger charge is 2.09. The van der Waals surface area contributed by atoms with Crippen LogP contribution in [0.2, 0.25) is 0 Å². The number of non-ortho nitro benzene ring substituents is 1. The number of nitro groups is 1. The second kappa shape index (κ2) is 4.44. The summed E-state index contributed by atoms with van der Waals surface area (Å²) < 4.78 is 1.81. The van der Waals surface area contributed by atoms with E-state index in [0.717, 1.165) is 11.4 Å². The molecule has 0 aliphatic heterocycles. The van der Waals surface area contributed by atoms with Crippen molar-refractivity contribution in [3.8, 4) is 5.69 Å². The van der Waals surface area contributed by atoms with Crippen molar-refractivity contribution in [2.45, 2.75) is 13.8 Å².